The fourth-order valence-electron chi connectivity index (χ4n) is 1.23. The smallest absolute Gasteiger partial charge is 0.121 e. The molecule has 1 aromatic rings. The minimum atomic E-state index is 0.0659. The normalized spacial score (nSPS) is 11.4. The predicted molar refractivity (Wildman–Crippen MR) is 62.4 cm³/mol. The van der Waals surface area contributed by atoms with Crippen LogP contribution >= 0.6 is 11.8 Å². The zero-order valence-corrected chi connectivity index (χ0v) is 9.81. The maximum absolute atomic E-state index is 10.6. The van der Waals surface area contributed by atoms with Gasteiger partial charge in [0.2, 0.25) is 0 Å². The fraction of sp³-hybridized carbons (Fsp3) is 0.455. The number of nitroso groups, excluding NO2 is 1. The van der Waals surface area contributed by atoms with Crippen molar-refractivity contribution in [3.05, 3.63) is 28.7 Å². The summed E-state index contributed by atoms with van der Waals surface area (Å²) >= 11 is 1.55. The Bertz CT molecular complexity index is 342. The second kappa shape index (κ2) is 4.13. The van der Waals surface area contributed by atoms with Crippen LogP contribution < -0.4 is 0 Å². The van der Waals surface area contributed by atoms with Crippen molar-refractivity contribution >= 4 is 17.4 Å². The lowest BCUT2D eigenvalue weighted by Crippen LogP contribution is -2.10. The predicted octanol–water partition coefficient (Wildman–Crippen LogP) is 4.10. The van der Waals surface area contributed by atoms with Crippen LogP contribution in [-0.2, 0) is 5.41 Å². The van der Waals surface area contributed by atoms with Gasteiger partial charge in [-0.25, -0.2) is 0 Å². The van der Waals surface area contributed by atoms with Crippen molar-refractivity contribution in [2.24, 2.45) is 5.18 Å². The lowest BCUT2D eigenvalue weighted by molar-refractivity contribution is 0.590. The van der Waals surface area contributed by atoms with Crippen LogP contribution in [-0.4, -0.2) is 6.26 Å². The Balaban J connectivity index is 3.21. The van der Waals surface area contributed by atoms with Crippen LogP contribution in [0.2, 0.25) is 0 Å². The molecule has 0 saturated heterocycles. The number of hydrogen-bond acceptors (Lipinski definition) is 3. The van der Waals surface area contributed by atoms with Crippen molar-refractivity contribution in [2.45, 2.75) is 31.1 Å². The highest BCUT2D eigenvalue weighted by atomic mass is 32.2. The monoisotopic (exact) mass is 209 g/mol. The van der Waals surface area contributed by atoms with Crippen molar-refractivity contribution in [1.82, 2.24) is 0 Å². The van der Waals surface area contributed by atoms with Crippen LogP contribution in [0.3, 0.4) is 0 Å². The average molecular weight is 209 g/mol. The molecule has 0 spiro atoms. The van der Waals surface area contributed by atoms with E-state index in [9.17, 15) is 4.91 Å². The Kier molecular flexibility index (Phi) is 3.32. The topological polar surface area (TPSA) is 29.4 Å². The molecule has 0 N–H and O–H groups in total. The minimum Gasteiger partial charge on any atom is -0.145 e. The van der Waals surface area contributed by atoms with E-state index >= 15 is 0 Å². The van der Waals surface area contributed by atoms with Gasteiger partial charge in [0.25, 0.3) is 0 Å². The number of benzene rings is 1. The first-order chi connectivity index (χ1) is 6.49. The standard InChI is InChI=1S/C11H15NOS/c1-11(2,3)8-5-6-10(14-4)9(7-8)12-13/h5-7H,1-4H3. The van der Waals surface area contributed by atoms with Crippen LogP contribution in [0.15, 0.2) is 28.3 Å². The van der Waals surface area contributed by atoms with Crippen molar-refractivity contribution in [3.8, 4) is 0 Å². The van der Waals surface area contributed by atoms with Crippen molar-refractivity contribution in [2.75, 3.05) is 6.26 Å². The van der Waals surface area contributed by atoms with E-state index in [1.165, 1.54) is 0 Å². The van der Waals surface area contributed by atoms with Gasteiger partial charge in [0.05, 0.1) is 0 Å². The molecule has 2 nitrogen and oxygen atoms in total. The maximum Gasteiger partial charge on any atom is 0.121 e. The summed E-state index contributed by atoms with van der Waals surface area (Å²) in [6, 6.07) is 5.89. The zero-order valence-electron chi connectivity index (χ0n) is 9.00. The summed E-state index contributed by atoms with van der Waals surface area (Å²) < 4.78 is 0. The highest BCUT2D eigenvalue weighted by Crippen LogP contribution is 2.32. The molecule has 1 rings (SSSR count). The zero-order chi connectivity index (χ0) is 10.8. The van der Waals surface area contributed by atoms with Gasteiger partial charge in [-0.3, -0.25) is 0 Å². The summed E-state index contributed by atoms with van der Waals surface area (Å²) in [4.78, 5) is 11.5. The Labute approximate surface area is 89.1 Å². The van der Waals surface area contributed by atoms with Crippen LogP contribution in [0.1, 0.15) is 26.3 Å². The molecule has 0 aliphatic heterocycles. The van der Waals surface area contributed by atoms with Crippen molar-refractivity contribution in [3.63, 3.8) is 0 Å². The third kappa shape index (κ3) is 2.35. The Hall–Kier alpha value is -0.830. The molecule has 14 heavy (non-hydrogen) atoms. The summed E-state index contributed by atoms with van der Waals surface area (Å²) in [5.74, 6) is 0. The van der Waals surface area contributed by atoms with Gasteiger partial charge in [-0.15, -0.1) is 16.7 Å². The lowest BCUT2D eigenvalue weighted by Gasteiger charge is -2.19. The summed E-state index contributed by atoms with van der Waals surface area (Å²) in [7, 11) is 0. The van der Waals surface area contributed by atoms with Crippen LogP contribution in [0.4, 0.5) is 5.69 Å². The minimum absolute atomic E-state index is 0.0659. The average Bonchev–Trinajstić information content (AvgIpc) is 2.15. The number of nitrogens with zero attached hydrogens (tertiary/aromatic N) is 1. The molecule has 0 aromatic heterocycles. The van der Waals surface area contributed by atoms with E-state index in [4.69, 9.17) is 0 Å². The third-order valence-corrected chi connectivity index (χ3v) is 2.93. The first kappa shape index (κ1) is 11.2. The van der Waals surface area contributed by atoms with Gasteiger partial charge < -0.3 is 0 Å². The number of rotatable bonds is 2. The molecule has 0 bridgehead atoms. The molecule has 76 valence electrons. The van der Waals surface area contributed by atoms with E-state index in [1.807, 2.05) is 18.4 Å². The first-order valence-electron chi connectivity index (χ1n) is 4.51. The van der Waals surface area contributed by atoms with E-state index in [0.717, 1.165) is 10.5 Å². The van der Waals surface area contributed by atoms with Crippen LogP contribution in [0.5, 0.6) is 0 Å². The van der Waals surface area contributed by atoms with Gasteiger partial charge >= 0.3 is 0 Å². The van der Waals surface area contributed by atoms with Gasteiger partial charge in [-0.2, -0.15) is 0 Å². The summed E-state index contributed by atoms with van der Waals surface area (Å²) in [6.45, 7) is 6.36. The third-order valence-electron chi connectivity index (χ3n) is 2.14. The van der Waals surface area contributed by atoms with Gasteiger partial charge in [-0.1, -0.05) is 26.8 Å². The highest BCUT2D eigenvalue weighted by molar-refractivity contribution is 7.98. The molecule has 0 atom stereocenters. The highest BCUT2D eigenvalue weighted by Gasteiger charge is 2.15. The van der Waals surface area contributed by atoms with Gasteiger partial charge in [0.15, 0.2) is 0 Å². The van der Waals surface area contributed by atoms with Crippen molar-refractivity contribution in [1.29, 1.82) is 0 Å². The Morgan fingerprint density at radius 2 is 1.93 bits per heavy atom. The van der Waals surface area contributed by atoms with E-state index in [-0.39, 0.29) is 5.41 Å². The summed E-state index contributed by atoms with van der Waals surface area (Å²) in [5.41, 5.74) is 1.76. The van der Waals surface area contributed by atoms with E-state index in [1.54, 1.807) is 11.8 Å². The van der Waals surface area contributed by atoms with Crippen LogP contribution in [0, 0.1) is 4.91 Å². The van der Waals surface area contributed by atoms with E-state index in [2.05, 4.69) is 32.0 Å². The van der Waals surface area contributed by atoms with Gasteiger partial charge in [-0.05, 0) is 34.5 Å². The molecule has 1 aromatic carbocycles. The summed E-state index contributed by atoms with van der Waals surface area (Å²) in [5, 5.41) is 3.04. The quantitative estimate of drug-likeness (QED) is 0.542. The molecule has 0 aliphatic carbocycles. The number of hydrogen-bond donors (Lipinski definition) is 0. The van der Waals surface area contributed by atoms with Gasteiger partial charge in [0.1, 0.15) is 5.69 Å². The van der Waals surface area contributed by atoms with Crippen molar-refractivity contribution < 1.29 is 0 Å². The van der Waals surface area contributed by atoms with E-state index < -0.39 is 0 Å². The first-order valence-corrected chi connectivity index (χ1v) is 5.73. The molecule has 0 saturated carbocycles. The molecule has 0 unspecified atom stereocenters. The second-order valence-corrected chi connectivity index (χ2v) is 5.08. The Morgan fingerprint density at radius 3 is 2.36 bits per heavy atom. The molecule has 0 amide bonds. The molecular weight excluding hydrogens is 194 g/mol. The fourth-order valence-corrected chi connectivity index (χ4v) is 1.74. The summed E-state index contributed by atoms with van der Waals surface area (Å²) in [6.07, 6.45) is 1.95. The van der Waals surface area contributed by atoms with Gasteiger partial charge in [0, 0.05) is 4.90 Å². The molecule has 0 radical (unpaired) electrons. The van der Waals surface area contributed by atoms with Crippen LogP contribution in [0.25, 0.3) is 0 Å². The SMILES string of the molecule is CSc1ccc(C(C)(C)C)cc1N=O. The number of thioether (sulfide) groups is 1. The molecule has 0 aliphatic rings. The second-order valence-electron chi connectivity index (χ2n) is 4.23. The molecule has 3 heteroatoms. The Morgan fingerprint density at radius 1 is 1.29 bits per heavy atom. The largest absolute Gasteiger partial charge is 0.145 e. The maximum atomic E-state index is 10.6. The molecule has 0 heterocycles. The van der Waals surface area contributed by atoms with E-state index in [0.29, 0.717) is 5.69 Å². The molecular formula is C11H15NOS. The molecule has 0 fully saturated rings. The lowest BCUT2D eigenvalue weighted by atomic mass is 9.87.